The molecule has 0 aliphatic heterocycles. The third-order valence-electron chi connectivity index (χ3n) is 2.96. The summed E-state index contributed by atoms with van der Waals surface area (Å²) in [5.74, 6) is 0. The van der Waals surface area contributed by atoms with Crippen molar-refractivity contribution >= 4 is 32.3 Å². The molecular weight excluding hydrogens is 306 g/mol. The molecular formula is C19H19OP2. The van der Waals surface area contributed by atoms with Crippen LogP contribution in [0.2, 0.25) is 0 Å². The van der Waals surface area contributed by atoms with Gasteiger partial charge in [-0.15, -0.1) is 0 Å². The van der Waals surface area contributed by atoms with E-state index in [1.807, 2.05) is 30.3 Å². The van der Waals surface area contributed by atoms with E-state index in [0.717, 1.165) is 13.9 Å². The van der Waals surface area contributed by atoms with Crippen molar-refractivity contribution in [3.05, 3.63) is 91.0 Å². The van der Waals surface area contributed by atoms with Gasteiger partial charge in [0.15, 0.2) is 0 Å². The summed E-state index contributed by atoms with van der Waals surface area (Å²) in [7, 11) is -0.369. The average Bonchev–Trinajstić information content (AvgIpc) is 2.58. The highest BCUT2D eigenvalue weighted by molar-refractivity contribution is 7.55. The summed E-state index contributed by atoms with van der Waals surface area (Å²) >= 11 is 0. The third-order valence-corrected chi connectivity index (χ3v) is 5.23. The van der Waals surface area contributed by atoms with E-state index in [2.05, 4.69) is 60.7 Å². The lowest BCUT2D eigenvalue weighted by Crippen LogP contribution is -2.01. The molecule has 0 saturated carbocycles. The van der Waals surface area contributed by atoms with Gasteiger partial charge in [0.05, 0.1) is 0 Å². The molecule has 111 valence electrons. The van der Waals surface area contributed by atoms with Gasteiger partial charge in [-0.25, -0.2) is 0 Å². The predicted molar refractivity (Wildman–Crippen MR) is 100 cm³/mol. The van der Waals surface area contributed by atoms with Gasteiger partial charge >= 0.3 is 0 Å². The smallest absolute Gasteiger partial charge is 0.101 e. The fraction of sp³-hybridized carbons (Fsp3) is 0.0526. The van der Waals surface area contributed by atoms with Crippen LogP contribution in [-0.4, -0.2) is 6.66 Å². The molecule has 1 unspecified atom stereocenters. The topological polar surface area (TPSA) is 17.1 Å². The zero-order valence-electron chi connectivity index (χ0n) is 12.5. The average molecular weight is 325 g/mol. The highest BCUT2D eigenvalue weighted by atomic mass is 31.1. The van der Waals surface area contributed by atoms with E-state index in [1.165, 1.54) is 10.6 Å². The molecule has 0 bridgehead atoms. The molecule has 0 aliphatic carbocycles. The van der Waals surface area contributed by atoms with Crippen molar-refractivity contribution in [3.63, 3.8) is 0 Å². The van der Waals surface area contributed by atoms with Gasteiger partial charge in [0.1, 0.15) is 7.80 Å². The summed E-state index contributed by atoms with van der Waals surface area (Å²) < 4.78 is 10.8. The van der Waals surface area contributed by atoms with Gasteiger partial charge in [-0.2, -0.15) is 0 Å². The van der Waals surface area contributed by atoms with Crippen LogP contribution in [0.4, 0.5) is 0 Å². The SMILES string of the molecule is C[P](=O)c1ccccc1.c1ccc(Pc2ccccc2)cc1. The highest BCUT2D eigenvalue weighted by Gasteiger charge is 1.92. The molecule has 0 aromatic heterocycles. The molecule has 0 aliphatic rings. The number of hydrogen-bond acceptors (Lipinski definition) is 1. The Morgan fingerprint density at radius 2 is 1.00 bits per heavy atom. The van der Waals surface area contributed by atoms with E-state index in [9.17, 15) is 4.57 Å². The van der Waals surface area contributed by atoms with Crippen LogP contribution < -0.4 is 15.9 Å². The lowest BCUT2D eigenvalue weighted by Gasteiger charge is -2.00. The van der Waals surface area contributed by atoms with Crippen molar-refractivity contribution in [2.24, 2.45) is 0 Å². The Hall–Kier alpha value is -1.81. The first-order valence-corrected chi connectivity index (χ1v) is 9.79. The van der Waals surface area contributed by atoms with E-state index in [1.54, 1.807) is 6.66 Å². The molecule has 0 fully saturated rings. The summed E-state index contributed by atoms with van der Waals surface area (Å²) in [6.45, 7) is 1.71. The Balaban J connectivity index is 0.000000172. The molecule has 1 atom stereocenters. The fourth-order valence-electron chi connectivity index (χ4n) is 1.85. The summed E-state index contributed by atoms with van der Waals surface area (Å²) in [5, 5.41) is 3.72. The standard InChI is InChI=1S/C12H11P.C7H8OP/c1-3-7-11(8-4-1)13-12-9-5-2-6-10-12;1-9(8)7-5-3-2-4-6-7/h1-10,13H;2-6H,1H3. The molecule has 0 amide bonds. The molecule has 3 rings (SSSR count). The van der Waals surface area contributed by atoms with Gasteiger partial charge in [0.25, 0.3) is 0 Å². The summed E-state index contributed by atoms with van der Waals surface area (Å²) in [4.78, 5) is 0. The van der Waals surface area contributed by atoms with Crippen LogP contribution in [0.1, 0.15) is 0 Å². The molecule has 3 aromatic rings. The van der Waals surface area contributed by atoms with Crippen LogP contribution in [0.25, 0.3) is 0 Å². The fourth-order valence-corrected chi connectivity index (χ4v) is 3.49. The minimum absolute atomic E-state index is 0.777. The minimum atomic E-state index is -1.15. The molecule has 22 heavy (non-hydrogen) atoms. The van der Waals surface area contributed by atoms with Gasteiger partial charge in [-0.3, -0.25) is 4.57 Å². The maximum Gasteiger partial charge on any atom is 0.101 e. The van der Waals surface area contributed by atoms with Crippen LogP contribution in [0.3, 0.4) is 0 Å². The first kappa shape index (κ1) is 16.6. The summed E-state index contributed by atoms with van der Waals surface area (Å²) in [5.41, 5.74) is 0. The van der Waals surface area contributed by atoms with E-state index < -0.39 is 7.80 Å². The molecule has 0 N–H and O–H groups in total. The highest BCUT2D eigenvalue weighted by Crippen LogP contribution is 2.11. The van der Waals surface area contributed by atoms with Crippen molar-refractivity contribution in [1.82, 2.24) is 0 Å². The number of benzene rings is 3. The van der Waals surface area contributed by atoms with E-state index in [4.69, 9.17) is 0 Å². The molecule has 3 heteroatoms. The zero-order chi connectivity index (χ0) is 15.6. The van der Waals surface area contributed by atoms with Crippen molar-refractivity contribution in [1.29, 1.82) is 0 Å². The molecule has 0 spiro atoms. The maximum atomic E-state index is 10.8. The second-order valence-corrected chi connectivity index (χ2v) is 7.61. The second kappa shape index (κ2) is 9.26. The first-order valence-electron chi connectivity index (χ1n) is 7.09. The monoisotopic (exact) mass is 325 g/mol. The summed E-state index contributed by atoms with van der Waals surface area (Å²) in [6, 6.07) is 30.6. The Morgan fingerprint density at radius 3 is 1.32 bits per heavy atom. The molecule has 3 aromatic carbocycles. The minimum Gasteiger partial charge on any atom is -0.282 e. The van der Waals surface area contributed by atoms with Crippen molar-refractivity contribution in [2.45, 2.75) is 0 Å². The van der Waals surface area contributed by atoms with Crippen molar-refractivity contribution in [2.75, 3.05) is 6.66 Å². The normalized spacial score (nSPS) is 10.3. The molecule has 0 saturated heterocycles. The van der Waals surface area contributed by atoms with E-state index in [0.29, 0.717) is 0 Å². The van der Waals surface area contributed by atoms with Gasteiger partial charge in [0, 0.05) is 12.0 Å². The lowest BCUT2D eigenvalue weighted by atomic mass is 10.4. The van der Waals surface area contributed by atoms with Crippen LogP contribution in [-0.2, 0) is 4.57 Å². The van der Waals surface area contributed by atoms with Crippen molar-refractivity contribution in [3.8, 4) is 0 Å². The molecule has 1 radical (unpaired) electrons. The van der Waals surface area contributed by atoms with Crippen LogP contribution in [0.5, 0.6) is 0 Å². The van der Waals surface area contributed by atoms with Crippen molar-refractivity contribution < 1.29 is 4.57 Å². The van der Waals surface area contributed by atoms with Crippen LogP contribution in [0, 0.1) is 0 Å². The Bertz CT molecular complexity index is 645. The first-order chi connectivity index (χ1) is 10.8. The van der Waals surface area contributed by atoms with Gasteiger partial charge in [-0.1, -0.05) is 87.4 Å². The largest absolute Gasteiger partial charge is 0.282 e. The lowest BCUT2D eigenvalue weighted by molar-refractivity contribution is 0.596. The quantitative estimate of drug-likeness (QED) is 0.663. The van der Waals surface area contributed by atoms with Crippen LogP contribution in [0.15, 0.2) is 91.0 Å². The zero-order valence-corrected chi connectivity index (χ0v) is 14.4. The number of rotatable bonds is 3. The van der Waals surface area contributed by atoms with Gasteiger partial charge < -0.3 is 0 Å². The van der Waals surface area contributed by atoms with E-state index >= 15 is 0 Å². The summed E-state index contributed by atoms with van der Waals surface area (Å²) in [6.07, 6.45) is 0. The van der Waals surface area contributed by atoms with Gasteiger partial charge in [0.2, 0.25) is 0 Å². The van der Waals surface area contributed by atoms with Crippen LogP contribution >= 0.6 is 16.4 Å². The molecule has 1 nitrogen and oxygen atoms in total. The van der Waals surface area contributed by atoms with E-state index in [-0.39, 0.29) is 0 Å². The second-order valence-electron chi connectivity index (χ2n) is 4.69. The van der Waals surface area contributed by atoms with Gasteiger partial charge in [-0.05, 0) is 22.7 Å². The Labute approximate surface area is 135 Å². The number of hydrogen-bond donors (Lipinski definition) is 0. The Morgan fingerprint density at radius 1 is 0.636 bits per heavy atom. The third kappa shape index (κ3) is 5.90. The Kier molecular flexibility index (Phi) is 6.97. The predicted octanol–water partition coefficient (Wildman–Crippen LogP) is 4.09. The molecule has 0 heterocycles. The maximum absolute atomic E-state index is 10.8.